The van der Waals surface area contributed by atoms with E-state index in [4.69, 9.17) is 0 Å². The minimum atomic E-state index is -2.67. The first-order valence-corrected chi connectivity index (χ1v) is 17.3. The molecule has 0 atom stereocenters. The molecule has 0 aliphatic carbocycles. The van der Waals surface area contributed by atoms with E-state index in [0.29, 0.717) is 0 Å². The molecule has 0 amide bonds. The van der Waals surface area contributed by atoms with Crippen LogP contribution in [-0.2, 0) is 68.7 Å². The normalized spacial score (nSPS) is 7.69. The van der Waals surface area contributed by atoms with Crippen molar-refractivity contribution in [3.8, 4) is 0 Å². The molecule has 42 heavy (non-hydrogen) atoms. The second-order valence-corrected chi connectivity index (χ2v) is 14.1. The molecule has 0 saturated heterocycles. The van der Waals surface area contributed by atoms with Crippen LogP contribution in [0.4, 0.5) is 0 Å². The van der Waals surface area contributed by atoms with Crippen molar-refractivity contribution in [2.75, 3.05) is 51.8 Å². The summed E-state index contributed by atoms with van der Waals surface area (Å²) < 4.78 is 56.3. The van der Waals surface area contributed by atoms with Crippen LogP contribution in [0.3, 0.4) is 0 Å². The highest BCUT2D eigenvalue weighted by Crippen LogP contribution is 1.62. The van der Waals surface area contributed by atoms with Crippen molar-refractivity contribution in [3.63, 3.8) is 0 Å². The Bertz CT molecular complexity index is 741. The molecule has 0 heterocycles. The Morgan fingerprint density at radius 2 is 0.476 bits per heavy atom. The van der Waals surface area contributed by atoms with E-state index in [1.54, 1.807) is 12.5 Å². The Kier molecular flexibility index (Phi) is 88.3. The van der Waals surface area contributed by atoms with E-state index in [1.807, 2.05) is 0 Å². The maximum atomic E-state index is 9.63. The number of hydrogen-bond acceptors (Lipinski definition) is 13. The standard InChI is InChI=1S/2C3H6O2.4C3H6O.2C2H6O2S.C2H6OS.2CH4/c2*1-3(4)5-2;4*1-3(2)4;2*1-5(2,3)4;1-4(2)3;;/h2*1-2H3;4*1-2H3;2*1-2H3;1-2H3;2*1H4. The molecule has 0 radical (unpaired) electrons. The van der Waals surface area contributed by atoms with Gasteiger partial charge in [0.15, 0.2) is 0 Å². The number of esters is 2. The Hall–Kier alpha value is -2.33. The zero-order chi connectivity index (χ0) is 35.5. The fraction of sp³-hybridized carbons (Fsp3) is 0.769. The highest BCUT2D eigenvalue weighted by molar-refractivity contribution is 7.90. The van der Waals surface area contributed by atoms with E-state index in [2.05, 4.69) is 9.47 Å². The van der Waals surface area contributed by atoms with Crippen LogP contribution in [0.2, 0.25) is 0 Å². The van der Waals surface area contributed by atoms with Crippen LogP contribution in [0.25, 0.3) is 0 Å². The zero-order valence-corrected chi connectivity index (χ0v) is 30.0. The summed E-state index contributed by atoms with van der Waals surface area (Å²) in [5, 5.41) is 0. The van der Waals surface area contributed by atoms with Gasteiger partial charge < -0.3 is 28.7 Å². The number of methoxy groups -OCH3 is 2. The predicted molar refractivity (Wildman–Crippen MR) is 176 cm³/mol. The van der Waals surface area contributed by atoms with Crippen molar-refractivity contribution < 1.29 is 59.3 Å². The van der Waals surface area contributed by atoms with Gasteiger partial charge in [-0.3, -0.25) is 13.8 Å². The van der Waals surface area contributed by atoms with E-state index < -0.39 is 30.5 Å². The second kappa shape index (κ2) is 51.4. The van der Waals surface area contributed by atoms with Crippen molar-refractivity contribution in [1.29, 1.82) is 0 Å². The number of carbonyl (C=O) groups excluding carboxylic acids is 6. The van der Waals surface area contributed by atoms with Gasteiger partial charge in [0, 0.05) is 62.2 Å². The van der Waals surface area contributed by atoms with Crippen LogP contribution in [-0.4, -0.2) is 108 Å². The summed E-state index contributed by atoms with van der Waals surface area (Å²) in [5.41, 5.74) is 0. The summed E-state index contributed by atoms with van der Waals surface area (Å²) in [4.78, 5) is 57.0. The first-order valence-electron chi connectivity index (χ1n) is 10.7. The lowest BCUT2D eigenvalue weighted by atomic mass is 10.6. The Morgan fingerprint density at radius 1 is 0.452 bits per heavy atom. The molecule has 0 unspecified atom stereocenters. The summed E-state index contributed by atoms with van der Waals surface area (Å²) in [5.74, 6) is 0.176. The number of Topliss-reactive ketones (excluding diaryl/α,β-unsaturated/α-hetero) is 4. The molecule has 0 bridgehead atoms. The van der Waals surface area contributed by atoms with Gasteiger partial charge in [0.05, 0.1) is 14.2 Å². The minimum Gasteiger partial charge on any atom is -0.469 e. The van der Waals surface area contributed by atoms with E-state index in [0.717, 1.165) is 25.0 Å². The first-order chi connectivity index (χ1) is 17.2. The third kappa shape index (κ3) is 18200. The van der Waals surface area contributed by atoms with E-state index in [9.17, 15) is 49.8 Å². The van der Waals surface area contributed by atoms with Gasteiger partial charge in [-0.15, -0.1) is 0 Å². The van der Waals surface area contributed by atoms with Crippen LogP contribution in [0.1, 0.15) is 84.1 Å². The average molecular weight is 679 g/mol. The Balaban J connectivity index is -0.0000000285. The molecule has 0 rings (SSSR count). The van der Waals surface area contributed by atoms with Crippen LogP contribution in [0, 0.1) is 0 Å². The van der Waals surface area contributed by atoms with Crippen molar-refractivity contribution in [2.24, 2.45) is 0 Å². The van der Waals surface area contributed by atoms with Gasteiger partial charge in [-0.1, -0.05) is 14.9 Å². The van der Waals surface area contributed by atoms with Gasteiger partial charge >= 0.3 is 11.9 Å². The second-order valence-electron chi connectivity index (χ2n) is 8.05. The molecule has 0 N–H and O–H groups in total. The van der Waals surface area contributed by atoms with Gasteiger partial charge in [0.2, 0.25) is 0 Å². The largest absolute Gasteiger partial charge is 0.469 e. The number of ketones is 4. The molecular weight excluding hydrogens is 616 g/mol. The highest BCUT2D eigenvalue weighted by atomic mass is 32.2. The smallest absolute Gasteiger partial charge is 0.302 e. The van der Waals surface area contributed by atoms with Crippen molar-refractivity contribution in [2.45, 2.75) is 84.1 Å². The fourth-order valence-electron chi connectivity index (χ4n) is 0. The topological polar surface area (TPSA) is 206 Å². The molecule has 0 aromatic carbocycles. The van der Waals surface area contributed by atoms with E-state index in [1.165, 1.54) is 83.5 Å². The molecule has 13 nitrogen and oxygen atoms in total. The summed E-state index contributed by atoms with van der Waals surface area (Å²) in [6.45, 7) is 14.9. The average Bonchev–Trinajstić information content (AvgIpc) is 2.56. The monoisotopic (exact) mass is 678 g/mol. The quantitative estimate of drug-likeness (QED) is 0.337. The van der Waals surface area contributed by atoms with Gasteiger partial charge in [-0.25, -0.2) is 16.8 Å². The highest BCUT2D eigenvalue weighted by Gasteiger charge is 1.79. The molecule has 0 aliphatic heterocycles. The zero-order valence-electron chi connectivity index (χ0n) is 27.5. The lowest BCUT2D eigenvalue weighted by Crippen LogP contribution is -1.88. The molecular formula is C26H62O13S3. The maximum Gasteiger partial charge on any atom is 0.302 e. The van der Waals surface area contributed by atoms with Crippen LogP contribution in [0.15, 0.2) is 0 Å². The Labute approximate surface area is 260 Å². The van der Waals surface area contributed by atoms with Crippen LogP contribution >= 0.6 is 0 Å². The summed E-state index contributed by atoms with van der Waals surface area (Å²) in [6.07, 6.45) is 7.92. The summed E-state index contributed by atoms with van der Waals surface area (Å²) in [7, 11) is -3.25. The van der Waals surface area contributed by atoms with E-state index >= 15 is 0 Å². The molecule has 0 aromatic heterocycles. The summed E-state index contributed by atoms with van der Waals surface area (Å²) in [6, 6.07) is 0. The van der Waals surface area contributed by atoms with Crippen molar-refractivity contribution in [1.82, 2.24) is 0 Å². The third-order valence-corrected chi connectivity index (χ3v) is 0.575. The lowest BCUT2D eigenvalue weighted by molar-refractivity contribution is -0.138. The molecule has 0 saturated carbocycles. The lowest BCUT2D eigenvalue weighted by Gasteiger charge is -1.80. The third-order valence-electron chi connectivity index (χ3n) is 0.575. The van der Waals surface area contributed by atoms with Crippen LogP contribution in [0.5, 0.6) is 0 Å². The number of ether oxygens (including phenoxy) is 2. The number of hydrogen-bond donors (Lipinski definition) is 0. The number of sulfone groups is 2. The molecule has 0 aliphatic rings. The van der Waals surface area contributed by atoms with Gasteiger partial charge in [0.25, 0.3) is 0 Å². The molecule has 262 valence electrons. The molecule has 0 aromatic rings. The molecule has 0 fully saturated rings. The predicted octanol–water partition coefficient (Wildman–Crippen LogP) is 3.33. The molecule has 16 heteroatoms. The first kappa shape index (κ1) is 72.2. The number of rotatable bonds is 0. The minimum absolute atomic E-state index is 0. The van der Waals surface area contributed by atoms with Crippen molar-refractivity contribution in [3.05, 3.63) is 0 Å². The van der Waals surface area contributed by atoms with Gasteiger partial charge in [-0.05, 0) is 55.4 Å². The summed E-state index contributed by atoms with van der Waals surface area (Å²) >= 11 is 0. The fourth-order valence-corrected chi connectivity index (χ4v) is 0. The Morgan fingerprint density at radius 3 is 0.476 bits per heavy atom. The SMILES string of the molecule is C.C.CC(C)=O.CC(C)=O.CC(C)=O.CC(C)=O.COC(C)=O.COC(C)=O.CS(C)(=O)=O.CS(C)(=O)=O.CS(C)=O. The van der Waals surface area contributed by atoms with Gasteiger partial charge in [-0.2, -0.15) is 0 Å². The van der Waals surface area contributed by atoms with Crippen molar-refractivity contribution >= 4 is 65.5 Å². The maximum absolute atomic E-state index is 9.63. The molecule has 0 spiro atoms. The van der Waals surface area contributed by atoms with Gasteiger partial charge in [0.1, 0.15) is 42.8 Å². The number of carbonyl (C=O) groups is 6. The van der Waals surface area contributed by atoms with Crippen LogP contribution < -0.4 is 0 Å². The van der Waals surface area contributed by atoms with E-state index in [-0.39, 0.29) is 49.9 Å².